The first-order chi connectivity index (χ1) is 5.65. The minimum absolute atomic E-state index is 0.204. The number of carboxylic acids is 1. The van der Waals surface area contributed by atoms with Crippen LogP contribution in [0.15, 0.2) is 11.1 Å². The van der Waals surface area contributed by atoms with Crippen LogP contribution in [0.5, 0.6) is 0 Å². The molecule has 64 valence electrons. The Hall–Kier alpha value is -1.30. The number of hydrogen-bond donors (Lipinski definition) is 2. The first-order valence-electron chi connectivity index (χ1n) is 3.05. The molecular formula is C6H7N3O2S. The van der Waals surface area contributed by atoms with Crippen LogP contribution in [-0.2, 0) is 0 Å². The molecule has 0 aliphatic carbocycles. The van der Waals surface area contributed by atoms with Gasteiger partial charge in [0.15, 0.2) is 0 Å². The summed E-state index contributed by atoms with van der Waals surface area (Å²) in [6, 6.07) is 0. The lowest BCUT2D eigenvalue weighted by molar-refractivity contribution is 0.0683. The van der Waals surface area contributed by atoms with Crippen LogP contribution in [0.3, 0.4) is 0 Å². The van der Waals surface area contributed by atoms with Crippen molar-refractivity contribution in [3.8, 4) is 0 Å². The Morgan fingerprint density at radius 1 is 1.75 bits per heavy atom. The summed E-state index contributed by atoms with van der Waals surface area (Å²) in [5.74, 6) is -1.24. The Morgan fingerprint density at radius 3 is 2.83 bits per heavy atom. The van der Waals surface area contributed by atoms with Crippen molar-refractivity contribution in [3.63, 3.8) is 0 Å². The molecule has 0 saturated carbocycles. The topological polar surface area (TPSA) is 89.1 Å². The second kappa shape index (κ2) is 3.40. The molecule has 0 fully saturated rings. The zero-order chi connectivity index (χ0) is 9.14. The van der Waals surface area contributed by atoms with Gasteiger partial charge in [-0.25, -0.2) is 14.8 Å². The van der Waals surface area contributed by atoms with Crippen LogP contribution >= 0.6 is 11.8 Å². The molecule has 3 N–H and O–H groups in total. The SMILES string of the molecule is CSc1cnc(C(=O)O)nc1N. The van der Waals surface area contributed by atoms with Gasteiger partial charge in [0.1, 0.15) is 5.82 Å². The Morgan fingerprint density at radius 2 is 2.42 bits per heavy atom. The molecule has 0 aliphatic rings. The summed E-state index contributed by atoms with van der Waals surface area (Å²) >= 11 is 1.37. The maximum Gasteiger partial charge on any atom is 0.374 e. The van der Waals surface area contributed by atoms with E-state index in [2.05, 4.69) is 9.97 Å². The van der Waals surface area contributed by atoms with Gasteiger partial charge in [0.25, 0.3) is 0 Å². The molecule has 1 aromatic heterocycles. The van der Waals surface area contributed by atoms with Crippen LogP contribution < -0.4 is 5.73 Å². The highest BCUT2D eigenvalue weighted by Gasteiger charge is 2.08. The molecule has 1 heterocycles. The van der Waals surface area contributed by atoms with Gasteiger partial charge in [-0.1, -0.05) is 0 Å². The number of thioether (sulfide) groups is 1. The maximum absolute atomic E-state index is 10.4. The van der Waals surface area contributed by atoms with E-state index < -0.39 is 5.97 Å². The average molecular weight is 185 g/mol. The zero-order valence-corrected chi connectivity index (χ0v) is 7.13. The van der Waals surface area contributed by atoms with Crippen LogP contribution in [-0.4, -0.2) is 27.3 Å². The van der Waals surface area contributed by atoms with E-state index in [0.29, 0.717) is 4.90 Å². The molecule has 0 bridgehead atoms. The Labute approximate surface area is 73.0 Å². The van der Waals surface area contributed by atoms with Crippen molar-refractivity contribution in [2.24, 2.45) is 0 Å². The first kappa shape index (κ1) is 8.79. The fourth-order valence-corrected chi connectivity index (χ4v) is 1.06. The van der Waals surface area contributed by atoms with Crippen molar-refractivity contribution < 1.29 is 9.90 Å². The minimum atomic E-state index is -1.17. The quantitative estimate of drug-likeness (QED) is 0.651. The highest BCUT2D eigenvalue weighted by atomic mass is 32.2. The number of nitrogen functional groups attached to an aromatic ring is 1. The molecule has 0 amide bonds. The van der Waals surface area contributed by atoms with Crippen molar-refractivity contribution in [1.82, 2.24) is 9.97 Å². The van der Waals surface area contributed by atoms with Crippen LogP contribution in [0, 0.1) is 0 Å². The number of anilines is 1. The number of carboxylic acid groups (broad SMARTS) is 1. The summed E-state index contributed by atoms with van der Waals surface area (Å²) in [5.41, 5.74) is 5.43. The van der Waals surface area contributed by atoms with Gasteiger partial charge in [-0.3, -0.25) is 0 Å². The van der Waals surface area contributed by atoms with E-state index in [9.17, 15) is 4.79 Å². The summed E-state index contributed by atoms with van der Waals surface area (Å²) in [6.45, 7) is 0. The molecule has 0 aromatic carbocycles. The van der Waals surface area contributed by atoms with E-state index in [1.807, 2.05) is 6.26 Å². The third kappa shape index (κ3) is 1.65. The van der Waals surface area contributed by atoms with E-state index in [4.69, 9.17) is 10.8 Å². The molecule has 0 radical (unpaired) electrons. The predicted octanol–water partition coefficient (Wildman–Crippen LogP) is 0.479. The maximum atomic E-state index is 10.4. The van der Waals surface area contributed by atoms with Crippen molar-refractivity contribution in [3.05, 3.63) is 12.0 Å². The van der Waals surface area contributed by atoms with Crippen molar-refractivity contribution in [2.75, 3.05) is 12.0 Å². The molecule has 6 heteroatoms. The second-order valence-electron chi connectivity index (χ2n) is 1.95. The Bertz CT molecular complexity index is 316. The highest BCUT2D eigenvalue weighted by molar-refractivity contribution is 7.98. The predicted molar refractivity (Wildman–Crippen MR) is 45.2 cm³/mol. The van der Waals surface area contributed by atoms with E-state index in [-0.39, 0.29) is 11.6 Å². The van der Waals surface area contributed by atoms with Gasteiger partial charge in [-0.15, -0.1) is 11.8 Å². The van der Waals surface area contributed by atoms with Gasteiger partial charge < -0.3 is 10.8 Å². The first-order valence-corrected chi connectivity index (χ1v) is 4.27. The van der Waals surface area contributed by atoms with Crippen LogP contribution in [0.25, 0.3) is 0 Å². The van der Waals surface area contributed by atoms with E-state index in [1.165, 1.54) is 18.0 Å². The van der Waals surface area contributed by atoms with Gasteiger partial charge in [0.05, 0.1) is 4.90 Å². The molecule has 0 aliphatic heterocycles. The number of hydrogen-bond acceptors (Lipinski definition) is 5. The summed E-state index contributed by atoms with van der Waals surface area (Å²) in [6.07, 6.45) is 3.21. The number of nitrogens with two attached hydrogens (primary N) is 1. The van der Waals surface area contributed by atoms with Crippen LogP contribution in [0.1, 0.15) is 10.6 Å². The number of aromatic nitrogens is 2. The molecule has 12 heavy (non-hydrogen) atoms. The van der Waals surface area contributed by atoms with Gasteiger partial charge in [-0.2, -0.15) is 0 Å². The fourth-order valence-electron chi connectivity index (χ4n) is 0.644. The van der Waals surface area contributed by atoms with E-state index in [1.54, 1.807) is 0 Å². The lowest BCUT2D eigenvalue weighted by atomic mass is 10.5. The van der Waals surface area contributed by atoms with Crippen LogP contribution in [0.4, 0.5) is 5.82 Å². The van der Waals surface area contributed by atoms with Crippen molar-refractivity contribution >= 4 is 23.5 Å². The number of nitrogens with zero attached hydrogens (tertiary/aromatic N) is 2. The molecule has 0 unspecified atom stereocenters. The zero-order valence-electron chi connectivity index (χ0n) is 6.31. The number of rotatable bonds is 2. The van der Waals surface area contributed by atoms with Gasteiger partial charge in [0.2, 0.25) is 5.82 Å². The van der Waals surface area contributed by atoms with Crippen LogP contribution in [0.2, 0.25) is 0 Å². The van der Waals surface area contributed by atoms with E-state index >= 15 is 0 Å². The molecule has 0 spiro atoms. The van der Waals surface area contributed by atoms with Gasteiger partial charge in [-0.05, 0) is 6.26 Å². The molecular weight excluding hydrogens is 178 g/mol. The van der Waals surface area contributed by atoms with Gasteiger partial charge >= 0.3 is 5.97 Å². The monoisotopic (exact) mass is 185 g/mol. The molecule has 1 rings (SSSR count). The third-order valence-electron chi connectivity index (χ3n) is 1.19. The highest BCUT2D eigenvalue weighted by Crippen LogP contribution is 2.18. The standard InChI is InChI=1S/C6H7N3O2S/c1-12-3-2-8-5(6(10)11)9-4(3)7/h2H,1H3,(H,10,11)(H2,7,8,9). The number of aromatic carboxylic acids is 1. The third-order valence-corrected chi connectivity index (χ3v) is 1.95. The second-order valence-corrected chi connectivity index (χ2v) is 2.80. The number of carbonyl (C=O) groups is 1. The normalized spacial score (nSPS) is 9.75. The lowest BCUT2D eigenvalue weighted by Crippen LogP contribution is -2.06. The smallest absolute Gasteiger partial charge is 0.374 e. The Kier molecular flexibility index (Phi) is 2.49. The summed E-state index contributed by atoms with van der Waals surface area (Å²) in [7, 11) is 0. The molecule has 0 atom stereocenters. The van der Waals surface area contributed by atoms with E-state index in [0.717, 1.165) is 0 Å². The van der Waals surface area contributed by atoms with Crippen molar-refractivity contribution in [2.45, 2.75) is 4.90 Å². The summed E-state index contributed by atoms with van der Waals surface area (Å²) in [4.78, 5) is 18.2. The summed E-state index contributed by atoms with van der Waals surface area (Å²) < 4.78 is 0. The average Bonchev–Trinajstić information content (AvgIpc) is 2.04. The fraction of sp³-hybridized carbons (Fsp3) is 0.167. The van der Waals surface area contributed by atoms with Gasteiger partial charge in [0, 0.05) is 6.20 Å². The molecule has 5 nitrogen and oxygen atoms in total. The molecule has 0 saturated heterocycles. The largest absolute Gasteiger partial charge is 0.475 e. The minimum Gasteiger partial charge on any atom is -0.475 e. The lowest BCUT2D eigenvalue weighted by Gasteiger charge is -1.99. The Balaban J connectivity index is 3.10. The van der Waals surface area contributed by atoms with Crippen molar-refractivity contribution in [1.29, 1.82) is 0 Å². The molecule has 1 aromatic rings. The summed E-state index contributed by atoms with van der Waals surface area (Å²) in [5, 5.41) is 8.49.